The lowest BCUT2D eigenvalue weighted by atomic mass is 10.2. The average molecular weight is 370 g/mol. The Morgan fingerprint density at radius 2 is 2.00 bits per heavy atom. The van der Waals surface area contributed by atoms with Gasteiger partial charge in [-0.15, -0.1) is 0 Å². The minimum Gasteiger partial charge on any atom is -0.467 e. The van der Waals surface area contributed by atoms with Crippen molar-refractivity contribution in [2.75, 3.05) is 11.4 Å². The summed E-state index contributed by atoms with van der Waals surface area (Å²) in [6, 6.07) is 11.3. The normalized spacial score (nSPS) is 17.4. The van der Waals surface area contributed by atoms with Crippen LogP contribution in [0.3, 0.4) is 0 Å². The Kier molecular flexibility index (Phi) is 5.75. The van der Waals surface area contributed by atoms with Gasteiger partial charge in [0, 0.05) is 18.7 Å². The molecule has 0 saturated carbocycles. The number of carbonyl (C=O) groups is 3. The van der Waals surface area contributed by atoms with Gasteiger partial charge in [-0.3, -0.25) is 9.59 Å². The Bertz CT molecular complexity index is 791. The zero-order valence-corrected chi connectivity index (χ0v) is 15.0. The second-order valence-electron chi connectivity index (χ2n) is 6.38. The van der Waals surface area contributed by atoms with E-state index in [4.69, 9.17) is 4.42 Å². The van der Waals surface area contributed by atoms with Crippen molar-refractivity contribution in [3.05, 3.63) is 54.5 Å². The largest absolute Gasteiger partial charge is 0.467 e. The molecule has 2 atom stereocenters. The predicted octanol–water partition coefficient (Wildman–Crippen LogP) is 1.39. The molecule has 0 unspecified atom stereocenters. The number of rotatable bonds is 6. The first-order valence-electron chi connectivity index (χ1n) is 8.75. The number of benzene rings is 1. The number of furan rings is 1. The lowest BCUT2D eigenvalue weighted by Gasteiger charge is -2.18. The maximum absolute atomic E-state index is 12.2. The van der Waals surface area contributed by atoms with Gasteiger partial charge in [-0.1, -0.05) is 18.2 Å². The molecule has 0 radical (unpaired) electrons. The van der Waals surface area contributed by atoms with Gasteiger partial charge in [-0.25, -0.2) is 4.79 Å². The van der Waals surface area contributed by atoms with Crippen molar-refractivity contribution in [1.82, 2.24) is 16.0 Å². The number of para-hydroxylation sites is 1. The van der Waals surface area contributed by atoms with Crippen molar-refractivity contribution in [3.8, 4) is 0 Å². The number of urea groups is 1. The molecule has 3 N–H and O–H groups in total. The van der Waals surface area contributed by atoms with E-state index in [9.17, 15) is 14.4 Å². The Morgan fingerprint density at radius 1 is 1.22 bits per heavy atom. The number of nitrogens with one attached hydrogen (secondary N) is 3. The van der Waals surface area contributed by atoms with Gasteiger partial charge < -0.3 is 25.3 Å². The summed E-state index contributed by atoms with van der Waals surface area (Å²) in [5, 5.41) is 8.02. The van der Waals surface area contributed by atoms with Crippen LogP contribution in [0.25, 0.3) is 0 Å². The van der Waals surface area contributed by atoms with Crippen molar-refractivity contribution in [1.29, 1.82) is 0 Å². The molecule has 1 aromatic heterocycles. The molecule has 0 spiro atoms. The van der Waals surface area contributed by atoms with Gasteiger partial charge in [0.1, 0.15) is 11.8 Å². The number of nitrogens with zero attached hydrogens (tertiary/aromatic N) is 1. The highest BCUT2D eigenvalue weighted by atomic mass is 16.3. The van der Waals surface area contributed by atoms with E-state index in [1.165, 1.54) is 6.26 Å². The predicted molar refractivity (Wildman–Crippen MR) is 98.9 cm³/mol. The molecule has 1 aliphatic rings. The van der Waals surface area contributed by atoms with Crippen LogP contribution in [0.4, 0.5) is 10.5 Å². The zero-order chi connectivity index (χ0) is 19.2. The summed E-state index contributed by atoms with van der Waals surface area (Å²) in [5.41, 5.74) is 0.804. The second kappa shape index (κ2) is 8.39. The van der Waals surface area contributed by atoms with Gasteiger partial charge in [-0.2, -0.15) is 0 Å². The molecule has 8 heteroatoms. The molecular formula is C19H22N4O4. The summed E-state index contributed by atoms with van der Waals surface area (Å²) in [6.45, 7) is 2.24. The summed E-state index contributed by atoms with van der Waals surface area (Å²) in [7, 11) is 0. The van der Waals surface area contributed by atoms with Crippen LogP contribution in [0.2, 0.25) is 0 Å². The Labute approximate surface area is 156 Å². The fourth-order valence-corrected chi connectivity index (χ4v) is 2.89. The summed E-state index contributed by atoms with van der Waals surface area (Å²) in [6.07, 6.45) is 1.75. The lowest BCUT2D eigenvalue weighted by molar-refractivity contribution is -0.122. The molecule has 2 heterocycles. The lowest BCUT2D eigenvalue weighted by Crippen LogP contribution is -2.51. The molecule has 3 rings (SSSR count). The van der Waals surface area contributed by atoms with E-state index in [0.717, 1.165) is 5.69 Å². The van der Waals surface area contributed by atoms with Crippen molar-refractivity contribution < 1.29 is 18.8 Å². The summed E-state index contributed by atoms with van der Waals surface area (Å²) in [5.74, 6) is 0.260. The van der Waals surface area contributed by atoms with Gasteiger partial charge in [0.2, 0.25) is 11.8 Å². The van der Waals surface area contributed by atoms with Gasteiger partial charge in [0.25, 0.3) is 0 Å². The van der Waals surface area contributed by atoms with Crippen LogP contribution in [-0.2, 0) is 16.1 Å². The molecule has 1 fully saturated rings. The molecular weight excluding hydrogens is 348 g/mol. The first kappa shape index (κ1) is 18.5. The van der Waals surface area contributed by atoms with E-state index in [-0.39, 0.29) is 30.8 Å². The van der Waals surface area contributed by atoms with E-state index >= 15 is 0 Å². The Morgan fingerprint density at radius 3 is 2.70 bits per heavy atom. The van der Waals surface area contributed by atoms with Crippen LogP contribution in [-0.4, -0.2) is 36.5 Å². The van der Waals surface area contributed by atoms with Crippen LogP contribution in [0.15, 0.2) is 53.1 Å². The summed E-state index contributed by atoms with van der Waals surface area (Å²) >= 11 is 0. The molecule has 8 nitrogen and oxygen atoms in total. The molecule has 0 aliphatic carbocycles. The van der Waals surface area contributed by atoms with Gasteiger partial charge in [-0.05, 0) is 31.2 Å². The average Bonchev–Trinajstić information content (AvgIpc) is 3.29. The summed E-state index contributed by atoms with van der Waals surface area (Å²) in [4.78, 5) is 38.0. The molecule has 27 heavy (non-hydrogen) atoms. The Hall–Kier alpha value is -3.29. The maximum atomic E-state index is 12.2. The van der Waals surface area contributed by atoms with Gasteiger partial charge in [0.05, 0.1) is 18.8 Å². The monoisotopic (exact) mass is 370 g/mol. The highest BCUT2D eigenvalue weighted by Crippen LogP contribution is 2.20. The van der Waals surface area contributed by atoms with E-state index in [2.05, 4.69) is 16.0 Å². The Balaban J connectivity index is 1.45. The highest BCUT2D eigenvalue weighted by molar-refractivity contribution is 5.97. The van der Waals surface area contributed by atoms with Gasteiger partial charge >= 0.3 is 6.03 Å². The maximum Gasteiger partial charge on any atom is 0.315 e. The fourth-order valence-electron chi connectivity index (χ4n) is 2.89. The van der Waals surface area contributed by atoms with Crippen molar-refractivity contribution in [2.45, 2.75) is 32.0 Å². The number of anilines is 1. The topological polar surface area (TPSA) is 104 Å². The van der Waals surface area contributed by atoms with E-state index in [0.29, 0.717) is 12.3 Å². The number of carbonyl (C=O) groups excluding carboxylic acids is 3. The van der Waals surface area contributed by atoms with E-state index in [1.807, 2.05) is 30.3 Å². The first-order valence-corrected chi connectivity index (χ1v) is 8.75. The standard InChI is InChI=1S/C19H22N4O4/c1-13(18(25)20-11-16-8-5-9-27-16)21-19(26)22-14-10-17(24)23(12-14)15-6-3-2-4-7-15/h2-9,13-14H,10-12H2,1H3,(H,20,25)(H2,21,22,26)/t13-,14-/m1/s1. The SMILES string of the molecule is C[C@@H](NC(=O)N[C@@H]1CC(=O)N(c2ccccc2)C1)C(=O)NCc1ccco1. The van der Waals surface area contributed by atoms with Crippen molar-refractivity contribution >= 4 is 23.5 Å². The van der Waals surface area contributed by atoms with E-state index < -0.39 is 12.1 Å². The minimum atomic E-state index is -0.720. The second-order valence-corrected chi connectivity index (χ2v) is 6.38. The van der Waals surface area contributed by atoms with Crippen molar-refractivity contribution in [3.63, 3.8) is 0 Å². The smallest absolute Gasteiger partial charge is 0.315 e. The van der Waals surface area contributed by atoms with Crippen molar-refractivity contribution in [2.24, 2.45) is 0 Å². The molecule has 1 saturated heterocycles. The fraction of sp³-hybridized carbons (Fsp3) is 0.316. The molecule has 1 aromatic carbocycles. The number of amides is 4. The minimum absolute atomic E-state index is 0.0456. The summed E-state index contributed by atoms with van der Waals surface area (Å²) < 4.78 is 5.14. The van der Waals surface area contributed by atoms with Crippen LogP contribution in [0.5, 0.6) is 0 Å². The number of hydrogen-bond donors (Lipinski definition) is 3. The zero-order valence-electron chi connectivity index (χ0n) is 15.0. The van der Waals surface area contributed by atoms with Crippen LogP contribution < -0.4 is 20.9 Å². The molecule has 4 amide bonds. The molecule has 0 bridgehead atoms. The molecule has 2 aromatic rings. The molecule has 142 valence electrons. The number of hydrogen-bond acceptors (Lipinski definition) is 4. The van der Waals surface area contributed by atoms with Crippen LogP contribution >= 0.6 is 0 Å². The van der Waals surface area contributed by atoms with Gasteiger partial charge in [0.15, 0.2) is 0 Å². The van der Waals surface area contributed by atoms with E-state index in [1.54, 1.807) is 24.0 Å². The third kappa shape index (κ3) is 4.87. The quantitative estimate of drug-likeness (QED) is 0.715. The van der Waals surface area contributed by atoms with Crippen LogP contribution in [0.1, 0.15) is 19.1 Å². The molecule has 1 aliphatic heterocycles. The highest BCUT2D eigenvalue weighted by Gasteiger charge is 2.31. The third-order valence-corrected chi connectivity index (χ3v) is 4.29. The van der Waals surface area contributed by atoms with Crippen LogP contribution in [0, 0.1) is 0 Å². The third-order valence-electron chi connectivity index (χ3n) is 4.29. The first-order chi connectivity index (χ1) is 13.0.